The van der Waals surface area contributed by atoms with Crippen molar-refractivity contribution in [2.24, 2.45) is 52.6 Å². The molecule has 0 aromatic carbocycles. The van der Waals surface area contributed by atoms with Crippen molar-refractivity contribution in [3.63, 3.8) is 0 Å². The van der Waals surface area contributed by atoms with Gasteiger partial charge in [0.25, 0.3) is 5.92 Å². The fourth-order valence-electron chi connectivity index (χ4n) is 8.03. The molecule has 10 nitrogen and oxygen atoms in total. The number of carbonyl (C=O) groups is 5. The number of amides is 5. The highest BCUT2D eigenvalue weighted by atomic mass is 19.4. The van der Waals surface area contributed by atoms with Crippen molar-refractivity contribution in [3.8, 4) is 0 Å². The second-order valence-corrected chi connectivity index (χ2v) is 13.2. The lowest BCUT2D eigenvalue weighted by Crippen LogP contribution is -2.61. The van der Waals surface area contributed by atoms with E-state index >= 15 is 0 Å². The zero-order valence-electron chi connectivity index (χ0n) is 22.8. The maximum absolute atomic E-state index is 14.6. The molecule has 3 saturated carbocycles. The monoisotopic (exact) mass is 591 g/mol. The molecule has 5 amide bonds. The second-order valence-electron chi connectivity index (χ2n) is 13.2. The third-order valence-electron chi connectivity index (χ3n) is 9.82. The number of halogens is 5. The van der Waals surface area contributed by atoms with E-state index in [1.807, 2.05) is 0 Å². The van der Waals surface area contributed by atoms with E-state index in [1.165, 1.54) is 20.8 Å². The van der Waals surface area contributed by atoms with Crippen LogP contribution in [-0.2, 0) is 24.0 Å². The number of fused-ring (bicyclic) bond motifs is 8. The average molecular weight is 592 g/mol. The van der Waals surface area contributed by atoms with Crippen LogP contribution in [0.3, 0.4) is 0 Å². The Morgan fingerprint density at radius 2 is 1.71 bits per heavy atom. The lowest BCUT2D eigenvalue weighted by molar-refractivity contribution is -0.176. The summed E-state index contributed by atoms with van der Waals surface area (Å²) in [5, 5.41) is 6.89. The summed E-state index contributed by atoms with van der Waals surface area (Å²) in [5.74, 6) is -12.9. The summed E-state index contributed by atoms with van der Waals surface area (Å²) in [7, 11) is 0. The maximum atomic E-state index is 14.6. The fourth-order valence-corrected chi connectivity index (χ4v) is 8.03. The summed E-state index contributed by atoms with van der Waals surface area (Å²) < 4.78 is 68.5. The van der Waals surface area contributed by atoms with E-state index in [0.717, 1.165) is 4.90 Å². The Kier molecular flexibility index (Phi) is 6.84. The zero-order valence-corrected chi connectivity index (χ0v) is 22.8. The van der Waals surface area contributed by atoms with Gasteiger partial charge in [0.2, 0.25) is 23.6 Å². The van der Waals surface area contributed by atoms with Crippen molar-refractivity contribution >= 4 is 29.5 Å². The van der Waals surface area contributed by atoms with E-state index in [-0.39, 0.29) is 18.9 Å². The Hall–Kier alpha value is -3.00. The smallest absolute Gasteiger partial charge is 0.368 e. The average Bonchev–Trinajstić information content (AvgIpc) is 3.39. The number of rotatable bonds is 7. The summed E-state index contributed by atoms with van der Waals surface area (Å²) in [6, 6.07) is -4.36. The van der Waals surface area contributed by atoms with E-state index in [2.05, 4.69) is 10.6 Å². The van der Waals surface area contributed by atoms with Crippen molar-refractivity contribution in [1.82, 2.24) is 20.9 Å². The molecule has 2 aliphatic heterocycles. The lowest BCUT2D eigenvalue weighted by atomic mass is 9.78. The minimum absolute atomic E-state index is 0.108. The maximum Gasteiger partial charge on any atom is 0.471 e. The van der Waals surface area contributed by atoms with Gasteiger partial charge in [-0.3, -0.25) is 24.0 Å². The molecule has 0 unspecified atom stereocenters. The van der Waals surface area contributed by atoms with E-state index < -0.39 is 101 Å². The largest absolute Gasteiger partial charge is 0.471 e. The van der Waals surface area contributed by atoms with Crippen LogP contribution in [0.5, 0.6) is 0 Å². The van der Waals surface area contributed by atoms with Crippen LogP contribution in [0.4, 0.5) is 22.0 Å². The Balaban J connectivity index is 1.44. The molecule has 2 heterocycles. The molecule has 2 saturated heterocycles. The number of primary amides is 1. The third kappa shape index (κ3) is 4.82. The molecular weight excluding hydrogens is 557 g/mol. The first-order chi connectivity index (χ1) is 18.9. The van der Waals surface area contributed by atoms with E-state index in [4.69, 9.17) is 5.73 Å². The molecule has 5 fully saturated rings. The van der Waals surface area contributed by atoms with Crippen LogP contribution >= 0.6 is 0 Å². The first-order valence-electron chi connectivity index (χ1n) is 13.8. The van der Waals surface area contributed by atoms with Crippen LogP contribution in [0.25, 0.3) is 0 Å². The number of nitrogens with one attached hydrogen (secondary N) is 3. The molecular formula is C26H34F5N5O5. The van der Waals surface area contributed by atoms with Crippen LogP contribution in [-0.4, -0.2) is 77.7 Å². The molecule has 0 aromatic heterocycles. The molecule has 41 heavy (non-hydrogen) atoms. The summed E-state index contributed by atoms with van der Waals surface area (Å²) >= 11 is 0. The predicted octanol–water partition coefficient (Wildman–Crippen LogP) is 0.550. The molecule has 5 aliphatic rings. The van der Waals surface area contributed by atoms with Gasteiger partial charge < -0.3 is 26.6 Å². The Bertz CT molecular complexity index is 1170. The molecule has 2 bridgehead atoms. The Morgan fingerprint density at radius 1 is 1.07 bits per heavy atom. The number of likely N-dealkylation sites (tertiary alicyclic amines) is 1. The van der Waals surface area contributed by atoms with Gasteiger partial charge in [-0.05, 0) is 48.3 Å². The molecule has 5 rings (SSSR count). The van der Waals surface area contributed by atoms with Crippen LogP contribution < -0.4 is 21.7 Å². The van der Waals surface area contributed by atoms with Gasteiger partial charge in [-0.1, -0.05) is 20.8 Å². The summed E-state index contributed by atoms with van der Waals surface area (Å²) in [6.07, 6.45) is -4.52. The summed E-state index contributed by atoms with van der Waals surface area (Å²) in [5.41, 5.74) is 4.30. The Morgan fingerprint density at radius 3 is 2.24 bits per heavy atom. The van der Waals surface area contributed by atoms with Crippen molar-refractivity contribution < 1.29 is 45.9 Å². The minimum Gasteiger partial charge on any atom is -0.368 e. The number of hydrogen-bond donors (Lipinski definition) is 4. The van der Waals surface area contributed by atoms with Crippen molar-refractivity contribution in [2.75, 3.05) is 13.1 Å². The predicted molar refractivity (Wildman–Crippen MR) is 130 cm³/mol. The van der Waals surface area contributed by atoms with Gasteiger partial charge in [-0.25, -0.2) is 8.78 Å². The summed E-state index contributed by atoms with van der Waals surface area (Å²) in [6.45, 7) is 4.59. The summed E-state index contributed by atoms with van der Waals surface area (Å²) in [4.78, 5) is 64.9. The molecule has 0 spiro atoms. The van der Waals surface area contributed by atoms with Gasteiger partial charge in [0, 0.05) is 30.8 Å². The van der Waals surface area contributed by atoms with Crippen molar-refractivity contribution in [2.45, 2.75) is 70.3 Å². The quantitative estimate of drug-likeness (QED) is 0.319. The normalized spacial score (nSPS) is 36.2. The molecule has 5 N–H and O–H groups in total. The number of carbonyl (C=O) groups excluding carboxylic acids is 5. The van der Waals surface area contributed by atoms with Gasteiger partial charge >= 0.3 is 12.1 Å². The first-order valence-corrected chi connectivity index (χ1v) is 13.8. The topological polar surface area (TPSA) is 151 Å². The lowest BCUT2D eigenvalue weighted by Gasteiger charge is -2.37. The van der Waals surface area contributed by atoms with Crippen molar-refractivity contribution in [1.29, 1.82) is 0 Å². The molecule has 10 atom stereocenters. The van der Waals surface area contributed by atoms with Crippen LogP contribution in [0.15, 0.2) is 0 Å². The van der Waals surface area contributed by atoms with Gasteiger partial charge in [-0.15, -0.1) is 0 Å². The minimum atomic E-state index is -5.27. The SMILES string of the molecule is CC(C)(C)[C@H](NC(=O)C(F)(F)F)C(=O)N1C[C@@H]2[C@H]3C[C@@H]([C@@H]2[C@H]1C(=O)N[C@@H](C[C@@H]1CCNC1=O)C(N)=O)[C@H]1[C@@H]3C1(F)F. The van der Waals surface area contributed by atoms with E-state index in [0.29, 0.717) is 19.4 Å². The van der Waals surface area contributed by atoms with Crippen LogP contribution in [0, 0.1) is 46.8 Å². The van der Waals surface area contributed by atoms with Crippen molar-refractivity contribution in [3.05, 3.63) is 0 Å². The standard InChI is InChI=1S/C26H34F5N5O5/c1-24(2,3)18(35-23(41)26(29,30)31)22(40)36-8-12-10-7-11(16-15(10)25(16,27)28)14(12)17(36)21(39)34-13(19(32)37)6-9-4-5-33-20(9)38/h9-18H,4-8H2,1-3H3,(H2,32,37)(H,33,38)(H,34,39)(H,35,41)/t9-,10+,11-,12+,13-,14-,15+,16-,17-,18+/m0/s1. The van der Waals surface area contributed by atoms with E-state index in [9.17, 15) is 45.9 Å². The second kappa shape index (κ2) is 9.51. The molecule has 0 aromatic rings. The van der Waals surface area contributed by atoms with Gasteiger partial charge in [-0.2, -0.15) is 13.2 Å². The first kappa shape index (κ1) is 29.5. The highest BCUT2D eigenvalue weighted by Crippen LogP contribution is 2.78. The van der Waals surface area contributed by atoms with Crippen LogP contribution in [0.1, 0.15) is 40.0 Å². The van der Waals surface area contributed by atoms with Gasteiger partial charge in [0.05, 0.1) is 0 Å². The number of nitrogens with two attached hydrogens (primary N) is 1. The van der Waals surface area contributed by atoms with Crippen LogP contribution in [0.2, 0.25) is 0 Å². The molecule has 3 aliphatic carbocycles. The number of hydrogen-bond acceptors (Lipinski definition) is 5. The molecule has 0 radical (unpaired) electrons. The highest BCUT2D eigenvalue weighted by Gasteiger charge is 2.83. The van der Waals surface area contributed by atoms with E-state index in [1.54, 1.807) is 5.32 Å². The zero-order chi connectivity index (χ0) is 30.4. The van der Waals surface area contributed by atoms with Gasteiger partial charge in [0.1, 0.15) is 18.1 Å². The third-order valence-corrected chi connectivity index (χ3v) is 9.82. The fraction of sp³-hybridized carbons (Fsp3) is 0.808. The Labute approximate surface area is 232 Å². The highest BCUT2D eigenvalue weighted by molar-refractivity contribution is 5.96. The molecule has 228 valence electrons. The van der Waals surface area contributed by atoms with Gasteiger partial charge in [0.15, 0.2) is 0 Å². The number of nitrogens with zero attached hydrogens (tertiary/aromatic N) is 1. The molecule has 15 heteroatoms. The number of alkyl halides is 5.